The monoisotopic (exact) mass is 234 g/mol. The maximum Gasteiger partial charge on any atom is 0.222 e. The fraction of sp³-hybridized carbons (Fsp3) is 0.200. The molecule has 5 nitrogen and oxygen atoms in total. The Morgan fingerprint density at radius 3 is 2.88 bits per heavy atom. The molecular formula is C10H10N4OS. The van der Waals surface area contributed by atoms with Crippen LogP contribution in [0.3, 0.4) is 0 Å². The van der Waals surface area contributed by atoms with Gasteiger partial charge in [0.2, 0.25) is 5.91 Å². The average molecular weight is 234 g/mol. The number of nitrogens with zero attached hydrogens (tertiary/aromatic N) is 3. The SMILES string of the molecule is CSc1ncnc2cc(NC(C)=O)ncc12. The Bertz CT molecular complexity index is 543. The maximum atomic E-state index is 10.9. The molecule has 1 N–H and O–H groups in total. The van der Waals surface area contributed by atoms with Crippen LogP contribution in [0.4, 0.5) is 5.82 Å². The van der Waals surface area contributed by atoms with Crippen molar-refractivity contribution in [3.05, 3.63) is 18.6 Å². The van der Waals surface area contributed by atoms with Crippen LogP contribution >= 0.6 is 11.8 Å². The van der Waals surface area contributed by atoms with Crippen LogP contribution in [0.15, 0.2) is 23.6 Å². The third-order valence-electron chi connectivity index (χ3n) is 1.98. The van der Waals surface area contributed by atoms with E-state index in [1.807, 2.05) is 6.26 Å². The quantitative estimate of drug-likeness (QED) is 0.632. The number of thioether (sulfide) groups is 1. The van der Waals surface area contributed by atoms with Crippen molar-refractivity contribution in [2.24, 2.45) is 0 Å². The van der Waals surface area contributed by atoms with Gasteiger partial charge in [-0.25, -0.2) is 15.0 Å². The van der Waals surface area contributed by atoms with E-state index in [0.717, 1.165) is 15.9 Å². The molecule has 0 saturated carbocycles. The van der Waals surface area contributed by atoms with Gasteiger partial charge in [0, 0.05) is 19.2 Å². The second-order valence-corrected chi connectivity index (χ2v) is 3.95. The lowest BCUT2D eigenvalue weighted by molar-refractivity contribution is -0.114. The molecule has 6 heteroatoms. The summed E-state index contributed by atoms with van der Waals surface area (Å²) in [4.78, 5) is 23.3. The first-order valence-electron chi connectivity index (χ1n) is 4.63. The third kappa shape index (κ3) is 2.11. The minimum atomic E-state index is -0.147. The maximum absolute atomic E-state index is 10.9. The molecule has 82 valence electrons. The highest BCUT2D eigenvalue weighted by Gasteiger charge is 2.05. The van der Waals surface area contributed by atoms with Crippen molar-refractivity contribution < 1.29 is 4.79 Å². The number of pyridine rings is 1. The molecule has 0 radical (unpaired) electrons. The van der Waals surface area contributed by atoms with Crippen LogP contribution in [-0.2, 0) is 4.79 Å². The molecule has 2 heterocycles. The molecule has 0 aliphatic heterocycles. The highest BCUT2D eigenvalue weighted by molar-refractivity contribution is 7.98. The predicted octanol–water partition coefficient (Wildman–Crippen LogP) is 1.71. The van der Waals surface area contributed by atoms with Crippen molar-refractivity contribution in [3.8, 4) is 0 Å². The number of amides is 1. The van der Waals surface area contributed by atoms with Gasteiger partial charge >= 0.3 is 0 Å². The summed E-state index contributed by atoms with van der Waals surface area (Å²) in [6, 6.07) is 1.73. The van der Waals surface area contributed by atoms with Gasteiger partial charge in [0.05, 0.1) is 10.9 Å². The number of rotatable bonds is 2. The fourth-order valence-electron chi connectivity index (χ4n) is 1.34. The van der Waals surface area contributed by atoms with E-state index in [1.165, 1.54) is 25.0 Å². The van der Waals surface area contributed by atoms with Crippen molar-refractivity contribution >= 4 is 34.4 Å². The molecule has 2 aromatic heterocycles. The van der Waals surface area contributed by atoms with Gasteiger partial charge in [-0.1, -0.05) is 0 Å². The van der Waals surface area contributed by atoms with Crippen molar-refractivity contribution in [1.82, 2.24) is 15.0 Å². The van der Waals surface area contributed by atoms with Gasteiger partial charge < -0.3 is 5.32 Å². The van der Waals surface area contributed by atoms with E-state index >= 15 is 0 Å². The summed E-state index contributed by atoms with van der Waals surface area (Å²) in [5.74, 6) is 0.358. The van der Waals surface area contributed by atoms with Crippen LogP contribution in [-0.4, -0.2) is 27.1 Å². The zero-order valence-electron chi connectivity index (χ0n) is 8.89. The largest absolute Gasteiger partial charge is 0.311 e. The first-order valence-corrected chi connectivity index (χ1v) is 5.85. The molecule has 0 aromatic carbocycles. The lowest BCUT2D eigenvalue weighted by Crippen LogP contribution is -2.07. The van der Waals surface area contributed by atoms with Gasteiger partial charge in [0.25, 0.3) is 0 Å². The van der Waals surface area contributed by atoms with Crippen LogP contribution in [0.1, 0.15) is 6.92 Å². The first kappa shape index (κ1) is 10.8. The Balaban J connectivity index is 2.51. The molecule has 2 rings (SSSR count). The van der Waals surface area contributed by atoms with E-state index in [4.69, 9.17) is 0 Å². The van der Waals surface area contributed by atoms with Crippen LogP contribution in [0.2, 0.25) is 0 Å². The Morgan fingerprint density at radius 1 is 1.38 bits per heavy atom. The smallest absolute Gasteiger partial charge is 0.222 e. The second-order valence-electron chi connectivity index (χ2n) is 3.15. The number of carbonyl (C=O) groups excluding carboxylic acids is 1. The van der Waals surface area contributed by atoms with Gasteiger partial charge in [0.15, 0.2) is 0 Å². The van der Waals surface area contributed by atoms with E-state index in [1.54, 1.807) is 12.3 Å². The summed E-state index contributed by atoms with van der Waals surface area (Å²) >= 11 is 1.54. The molecular weight excluding hydrogens is 224 g/mol. The zero-order valence-corrected chi connectivity index (χ0v) is 9.71. The predicted molar refractivity (Wildman–Crippen MR) is 63.4 cm³/mol. The fourth-order valence-corrected chi connectivity index (χ4v) is 1.87. The molecule has 0 aliphatic carbocycles. The first-order chi connectivity index (χ1) is 7.70. The van der Waals surface area contributed by atoms with Crippen molar-refractivity contribution in [1.29, 1.82) is 0 Å². The number of anilines is 1. The number of hydrogen-bond donors (Lipinski definition) is 1. The molecule has 0 spiro atoms. The Kier molecular flexibility index (Phi) is 3.00. The molecule has 0 aliphatic rings. The summed E-state index contributed by atoms with van der Waals surface area (Å²) in [6.07, 6.45) is 5.13. The zero-order chi connectivity index (χ0) is 11.5. The molecule has 1 amide bonds. The van der Waals surface area contributed by atoms with Gasteiger partial charge in [-0.05, 0) is 6.26 Å². The van der Waals surface area contributed by atoms with Crippen molar-refractivity contribution in [2.45, 2.75) is 11.9 Å². The van der Waals surface area contributed by atoms with Gasteiger partial charge in [0.1, 0.15) is 17.2 Å². The average Bonchev–Trinajstić information content (AvgIpc) is 2.27. The number of hydrogen-bond acceptors (Lipinski definition) is 5. The van der Waals surface area contributed by atoms with Gasteiger partial charge in [-0.2, -0.15) is 0 Å². The summed E-state index contributed by atoms with van der Waals surface area (Å²) in [6.45, 7) is 1.44. The standard InChI is InChI=1S/C10H10N4OS/c1-6(15)14-9-3-8-7(4-11-9)10(16-2)13-5-12-8/h3-5H,1-2H3,(H,11,14,15). The molecule has 0 fully saturated rings. The Morgan fingerprint density at radius 2 is 2.19 bits per heavy atom. The van der Waals surface area contributed by atoms with Crippen LogP contribution in [0.5, 0.6) is 0 Å². The summed E-state index contributed by atoms with van der Waals surface area (Å²) in [5, 5.41) is 4.39. The summed E-state index contributed by atoms with van der Waals surface area (Å²) < 4.78 is 0. The van der Waals surface area contributed by atoms with Crippen LogP contribution in [0, 0.1) is 0 Å². The van der Waals surface area contributed by atoms with Crippen molar-refractivity contribution in [2.75, 3.05) is 11.6 Å². The number of nitrogens with one attached hydrogen (secondary N) is 1. The summed E-state index contributed by atoms with van der Waals surface area (Å²) in [7, 11) is 0. The third-order valence-corrected chi connectivity index (χ3v) is 2.69. The Labute approximate surface area is 96.7 Å². The van der Waals surface area contributed by atoms with E-state index in [2.05, 4.69) is 20.3 Å². The number of aromatic nitrogens is 3. The molecule has 16 heavy (non-hydrogen) atoms. The highest BCUT2D eigenvalue weighted by Crippen LogP contribution is 2.22. The number of fused-ring (bicyclic) bond motifs is 1. The molecule has 2 aromatic rings. The van der Waals surface area contributed by atoms with Crippen LogP contribution < -0.4 is 5.32 Å². The van der Waals surface area contributed by atoms with Gasteiger partial charge in [-0.3, -0.25) is 4.79 Å². The highest BCUT2D eigenvalue weighted by atomic mass is 32.2. The minimum Gasteiger partial charge on any atom is -0.311 e. The second kappa shape index (κ2) is 4.44. The lowest BCUT2D eigenvalue weighted by atomic mass is 10.3. The van der Waals surface area contributed by atoms with E-state index < -0.39 is 0 Å². The summed E-state index contributed by atoms with van der Waals surface area (Å²) in [5.41, 5.74) is 0.776. The number of carbonyl (C=O) groups is 1. The topological polar surface area (TPSA) is 67.8 Å². The van der Waals surface area contributed by atoms with Gasteiger partial charge in [-0.15, -0.1) is 11.8 Å². The van der Waals surface area contributed by atoms with E-state index in [0.29, 0.717) is 5.82 Å². The van der Waals surface area contributed by atoms with Crippen LogP contribution in [0.25, 0.3) is 10.9 Å². The normalized spacial score (nSPS) is 10.4. The Hall–Kier alpha value is -1.69. The molecule has 0 atom stereocenters. The molecule has 0 saturated heterocycles. The molecule has 0 bridgehead atoms. The lowest BCUT2D eigenvalue weighted by Gasteiger charge is -2.04. The van der Waals surface area contributed by atoms with E-state index in [9.17, 15) is 4.79 Å². The minimum absolute atomic E-state index is 0.147. The van der Waals surface area contributed by atoms with E-state index in [-0.39, 0.29) is 5.91 Å². The molecule has 0 unspecified atom stereocenters. The van der Waals surface area contributed by atoms with Crippen molar-refractivity contribution in [3.63, 3.8) is 0 Å².